The lowest BCUT2D eigenvalue weighted by atomic mass is 9.97. The average molecular weight is 320 g/mol. The molecule has 0 aromatic rings. The van der Waals surface area contributed by atoms with Crippen molar-refractivity contribution < 1.29 is 22.1 Å². The fourth-order valence-electron chi connectivity index (χ4n) is 1.48. The first-order chi connectivity index (χ1) is 9.52. The van der Waals surface area contributed by atoms with Gasteiger partial charge >= 0.3 is 5.97 Å². The van der Waals surface area contributed by atoms with Crippen molar-refractivity contribution in [2.75, 3.05) is 19.5 Å². The van der Waals surface area contributed by atoms with E-state index >= 15 is 0 Å². The van der Waals surface area contributed by atoms with Crippen LogP contribution in [0.1, 0.15) is 53.4 Å². The van der Waals surface area contributed by atoms with E-state index in [1.165, 1.54) is 5.57 Å². The molecule has 0 saturated heterocycles. The van der Waals surface area contributed by atoms with Crippen LogP contribution in [-0.4, -0.2) is 33.9 Å². The van der Waals surface area contributed by atoms with Gasteiger partial charge < -0.3 is 4.74 Å². The molecule has 0 unspecified atom stereocenters. The second kappa shape index (κ2) is 9.20. The van der Waals surface area contributed by atoms with Crippen LogP contribution in [0, 0.1) is 5.41 Å². The van der Waals surface area contributed by atoms with Gasteiger partial charge in [-0.2, -0.15) is 8.42 Å². The van der Waals surface area contributed by atoms with Crippen molar-refractivity contribution in [1.29, 1.82) is 0 Å². The quantitative estimate of drug-likeness (QED) is 0.283. The van der Waals surface area contributed by atoms with Crippen LogP contribution >= 0.6 is 0 Å². The molecular formula is C15H28O5S. The lowest BCUT2D eigenvalue weighted by molar-refractivity contribution is -0.153. The largest absolute Gasteiger partial charge is 0.465 e. The van der Waals surface area contributed by atoms with E-state index in [4.69, 9.17) is 4.74 Å². The van der Waals surface area contributed by atoms with Gasteiger partial charge in [0.1, 0.15) is 0 Å². The van der Waals surface area contributed by atoms with Crippen molar-refractivity contribution in [2.45, 2.75) is 53.4 Å². The Hall–Kier alpha value is -0.880. The van der Waals surface area contributed by atoms with Crippen molar-refractivity contribution in [3.8, 4) is 0 Å². The summed E-state index contributed by atoms with van der Waals surface area (Å²) in [5, 5.41) is 0. The Balaban J connectivity index is 3.72. The van der Waals surface area contributed by atoms with Crippen LogP contribution in [-0.2, 0) is 23.8 Å². The number of esters is 1. The summed E-state index contributed by atoms with van der Waals surface area (Å²) in [6.07, 6.45) is 6.25. The monoisotopic (exact) mass is 320 g/mol. The minimum Gasteiger partial charge on any atom is -0.465 e. The summed E-state index contributed by atoms with van der Waals surface area (Å²) in [7, 11) is -3.33. The van der Waals surface area contributed by atoms with Crippen molar-refractivity contribution in [2.24, 2.45) is 5.41 Å². The lowest BCUT2D eigenvalue weighted by Crippen LogP contribution is -2.23. The molecule has 0 atom stereocenters. The molecule has 0 bridgehead atoms. The number of hydrogen-bond donors (Lipinski definition) is 0. The van der Waals surface area contributed by atoms with Crippen LogP contribution in [0.15, 0.2) is 11.6 Å². The zero-order valence-electron chi connectivity index (χ0n) is 13.8. The van der Waals surface area contributed by atoms with E-state index in [-0.39, 0.29) is 12.6 Å². The minimum absolute atomic E-state index is 0.180. The molecule has 0 amide bonds. The van der Waals surface area contributed by atoms with E-state index < -0.39 is 15.5 Å². The highest BCUT2D eigenvalue weighted by atomic mass is 32.2. The molecule has 0 aromatic heterocycles. The van der Waals surface area contributed by atoms with Crippen molar-refractivity contribution in [3.05, 3.63) is 11.6 Å². The van der Waals surface area contributed by atoms with E-state index in [0.717, 1.165) is 25.5 Å². The molecule has 0 saturated carbocycles. The van der Waals surface area contributed by atoms with Gasteiger partial charge in [0, 0.05) is 0 Å². The molecule has 124 valence electrons. The Labute approximate surface area is 128 Å². The van der Waals surface area contributed by atoms with Gasteiger partial charge in [-0.1, -0.05) is 11.6 Å². The topological polar surface area (TPSA) is 69.7 Å². The standard InChI is InChI=1S/C15H28O5S/c1-13(10-8-12-20-21(5,17)18)9-6-7-11-19-14(16)15(2,3)4/h9H,6-8,10-12H2,1-5H3. The molecule has 0 aliphatic rings. The number of ether oxygens (including phenoxy) is 1. The molecule has 0 N–H and O–H groups in total. The smallest absolute Gasteiger partial charge is 0.311 e. The maximum absolute atomic E-state index is 11.5. The SMILES string of the molecule is CC(=CCCCOC(=O)C(C)(C)C)CCCOS(C)(=O)=O. The molecule has 6 heteroatoms. The van der Waals surface area contributed by atoms with E-state index in [1.54, 1.807) is 0 Å². The maximum Gasteiger partial charge on any atom is 0.311 e. The third-order valence-corrected chi connectivity index (χ3v) is 3.29. The van der Waals surface area contributed by atoms with Crippen LogP contribution in [0.4, 0.5) is 0 Å². The second-order valence-electron chi connectivity index (χ2n) is 6.21. The van der Waals surface area contributed by atoms with Crippen molar-refractivity contribution in [3.63, 3.8) is 0 Å². The van der Waals surface area contributed by atoms with Gasteiger partial charge in [-0.05, 0) is 53.4 Å². The highest BCUT2D eigenvalue weighted by Crippen LogP contribution is 2.15. The predicted molar refractivity (Wildman–Crippen MR) is 83.4 cm³/mol. The predicted octanol–water partition coefficient (Wildman–Crippen LogP) is 3.06. The molecule has 21 heavy (non-hydrogen) atoms. The zero-order chi connectivity index (χ0) is 16.5. The molecule has 0 fully saturated rings. The number of allylic oxidation sites excluding steroid dienone is 2. The van der Waals surface area contributed by atoms with Crippen LogP contribution in [0.3, 0.4) is 0 Å². The van der Waals surface area contributed by atoms with E-state index in [9.17, 15) is 13.2 Å². The Morgan fingerprint density at radius 1 is 1.14 bits per heavy atom. The third kappa shape index (κ3) is 12.6. The normalized spacial score (nSPS) is 13.3. The first-order valence-corrected chi connectivity index (χ1v) is 9.01. The molecule has 0 aromatic carbocycles. The van der Waals surface area contributed by atoms with Gasteiger partial charge in [0.05, 0.1) is 24.9 Å². The third-order valence-electron chi connectivity index (χ3n) is 2.70. The second-order valence-corrected chi connectivity index (χ2v) is 7.85. The Morgan fingerprint density at radius 3 is 2.29 bits per heavy atom. The summed E-state index contributed by atoms with van der Waals surface area (Å²) in [6.45, 7) is 8.14. The average Bonchev–Trinajstić information content (AvgIpc) is 2.31. The van der Waals surface area contributed by atoms with Crippen LogP contribution in [0.25, 0.3) is 0 Å². The minimum atomic E-state index is -3.33. The van der Waals surface area contributed by atoms with Crippen molar-refractivity contribution >= 4 is 16.1 Å². The molecule has 0 radical (unpaired) electrons. The van der Waals surface area contributed by atoms with Gasteiger partial charge in [0.15, 0.2) is 0 Å². The van der Waals surface area contributed by atoms with E-state index in [2.05, 4.69) is 10.3 Å². The molecule has 0 spiro atoms. The fraction of sp³-hybridized carbons (Fsp3) is 0.800. The molecule has 5 nitrogen and oxygen atoms in total. The molecular weight excluding hydrogens is 292 g/mol. The van der Waals surface area contributed by atoms with Gasteiger partial charge in [-0.3, -0.25) is 8.98 Å². The highest BCUT2D eigenvalue weighted by Gasteiger charge is 2.22. The maximum atomic E-state index is 11.5. The van der Waals surface area contributed by atoms with Gasteiger partial charge in [0.2, 0.25) is 0 Å². The van der Waals surface area contributed by atoms with Crippen LogP contribution < -0.4 is 0 Å². The highest BCUT2D eigenvalue weighted by molar-refractivity contribution is 7.85. The first kappa shape index (κ1) is 20.1. The number of carbonyl (C=O) groups is 1. The Bertz CT molecular complexity index is 443. The molecule has 0 aliphatic heterocycles. The molecule has 0 aliphatic carbocycles. The first-order valence-electron chi connectivity index (χ1n) is 7.19. The summed E-state index contributed by atoms with van der Waals surface area (Å²) >= 11 is 0. The summed E-state index contributed by atoms with van der Waals surface area (Å²) in [5.41, 5.74) is 0.736. The summed E-state index contributed by atoms with van der Waals surface area (Å²) in [4.78, 5) is 11.5. The van der Waals surface area contributed by atoms with E-state index in [0.29, 0.717) is 13.0 Å². The van der Waals surface area contributed by atoms with E-state index in [1.807, 2.05) is 27.7 Å². The van der Waals surface area contributed by atoms with Gasteiger partial charge in [-0.25, -0.2) is 0 Å². The zero-order valence-corrected chi connectivity index (χ0v) is 14.6. The number of carbonyl (C=O) groups excluding carboxylic acids is 1. The van der Waals surface area contributed by atoms with Gasteiger partial charge in [-0.15, -0.1) is 0 Å². The number of rotatable bonds is 9. The molecule has 0 heterocycles. The Kier molecular flexibility index (Phi) is 8.82. The number of hydrogen-bond acceptors (Lipinski definition) is 5. The van der Waals surface area contributed by atoms with Crippen molar-refractivity contribution in [1.82, 2.24) is 0 Å². The lowest BCUT2D eigenvalue weighted by Gasteiger charge is -2.16. The summed E-state index contributed by atoms with van der Waals surface area (Å²) in [5.74, 6) is -0.180. The number of unbranched alkanes of at least 4 members (excludes halogenated alkanes) is 1. The van der Waals surface area contributed by atoms with Crippen LogP contribution in [0.2, 0.25) is 0 Å². The summed E-state index contributed by atoms with van der Waals surface area (Å²) < 4.78 is 31.4. The molecule has 0 rings (SSSR count). The fourth-order valence-corrected chi connectivity index (χ4v) is 1.90. The Morgan fingerprint density at radius 2 is 1.76 bits per heavy atom. The van der Waals surface area contributed by atoms with Gasteiger partial charge in [0.25, 0.3) is 10.1 Å². The van der Waals surface area contributed by atoms with Crippen LogP contribution in [0.5, 0.6) is 0 Å². The summed E-state index contributed by atoms with van der Waals surface area (Å²) in [6, 6.07) is 0.